The molecule has 30 heavy (non-hydrogen) atoms. The maximum absolute atomic E-state index is 13.3. The number of hydrogen-bond donors (Lipinski definition) is 0. The molecule has 2 aromatic heterocycles. The van der Waals surface area contributed by atoms with Gasteiger partial charge in [-0.3, -0.25) is 14.6 Å². The van der Waals surface area contributed by atoms with Crippen LogP contribution >= 0.6 is 0 Å². The summed E-state index contributed by atoms with van der Waals surface area (Å²) in [5, 5.41) is 7.79. The number of aromatic nitrogens is 3. The van der Waals surface area contributed by atoms with E-state index in [1.165, 1.54) is 0 Å². The van der Waals surface area contributed by atoms with Gasteiger partial charge in [-0.25, -0.2) is 0 Å². The molecule has 2 aliphatic rings. The third-order valence-electron chi connectivity index (χ3n) is 6.03. The lowest BCUT2D eigenvalue weighted by atomic mass is 9.89. The van der Waals surface area contributed by atoms with Gasteiger partial charge < -0.3 is 9.80 Å². The van der Waals surface area contributed by atoms with Crippen LogP contribution < -0.4 is 0 Å². The number of rotatable bonds is 3. The Labute approximate surface area is 174 Å². The molecule has 5 rings (SSSR count). The van der Waals surface area contributed by atoms with Crippen LogP contribution in [0.5, 0.6) is 0 Å². The maximum Gasteiger partial charge on any atom is 0.274 e. The summed E-state index contributed by atoms with van der Waals surface area (Å²) in [7, 11) is 0. The molecule has 0 radical (unpaired) electrons. The van der Waals surface area contributed by atoms with E-state index in [2.05, 4.69) is 27.3 Å². The number of pyridine rings is 1. The predicted octanol–water partition coefficient (Wildman–Crippen LogP) is 2.46. The van der Waals surface area contributed by atoms with Gasteiger partial charge in [0, 0.05) is 43.9 Å². The minimum absolute atomic E-state index is 0.0642. The van der Waals surface area contributed by atoms with E-state index in [9.17, 15) is 9.59 Å². The van der Waals surface area contributed by atoms with Gasteiger partial charge in [0.25, 0.3) is 11.8 Å². The van der Waals surface area contributed by atoms with Crippen LogP contribution in [-0.4, -0.2) is 56.4 Å². The zero-order valence-electron chi connectivity index (χ0n) is 16.3. The van der Waals surface area contributed by atoms with Crippen molar-refractivity contribution >= 4 is 11.8 Å². The first kappa shape index (κ1) is 18.4. The van der Waals surface area contributed by atoms with Crippen LogP contribution in [0.15, 0.2) is 73.1 Å². The van der Waals surface area contributed by atoms with E-state index in [1.807, 2.05) is 34.1 Å². The number of benzene rings is 1. The molecule has 0 N–H and O–H groups in total. The molecule has 0 saturated carbocycles. The Bertz CT molecular complexity index is 1040. The Hall–Kier alpha value is -3.61. The highest BCUT2D eigenvalue weighted by molar-refractivity contribution is 5.93. The Morgan fingerprint density at radius 3 is 2.33 bits per heavy atom. The van der Waals surface area contributed by atoms with E-state index < -0.39 is 0 Å². The van der Waals surface area contributed by atoms with E-state index >= 15 is 0 Å². The quantitative estimate of drug-likeness (QED) is 0.676. The fourth-order valence-electron chi connectivity index (χ4n) is 4.71. The van der Waals surface area contributed by atoms with Gasteiger partial charge in [-0.05, 0) is 29.8 Å². The largest absolute Gasteiger partial charge is 0.337 e. The van der Waals surface area contributed by atoms with Crippen LogP contribution in [0.1, 0.15) is 32.6 Å². The second-order valence-corrected chi connectivity index (χ2v) is 7.77. The van der Waals surface area contributed by atoms with Crippen LogP contribution in [0.3, 0.4) is 0 Å². The summed E-state index contributed by atoms with van der Waals surface area (Å²) < 4.78 is 0. The van der Waals surface area contributed by atoms with Gasteiger partial charge in [-0.1, -0.05) is 36.4 Å². The number of carbonyl (C=O) groups excluding carboxylic acids is 2. The summed E-state index contributed by atoms with van der Waals surface area (Å²) >= 11 is 0. The number of amides is 2. The summed E-state index contributed by atoms with van der Waals surface area (Å²) in [6, 6.07) is 18.8. The molecular formula is C23H21N5O2. The highest BCUT2D eigenvalue weighted by Gasteiger charge is 2.50. The molecular weight excluding hydrogens is 378 g/mol. The molecule has 2 amide bonds. The lowest BCUT2D eigenvalue weighted by Gasteiger charge is -2.29. The third-order valence-corrected chi connectivity index (χ3v) is 6.03. The van der Waals surface area contributed by atoms with E-state index in [-0.39, 0.29) is 29.7 Å². The van der Waals surface area contributed by atoms with Crippen LogP contribution in [0.4, 0.5) is 0 Å². The van der Waals surface area contributed by atoms with Crippen molar-refractivity contribution in [2.24, 2.45) is 11.8 Å². The maximum atomic E-state index is 13.3. The molecule has 2 aliphatic heterocycles. The fraction of sp³-hybridized carbons (Fsp3) is 0.261. The van der Waals surface area contributed by atoms with Gasteiger partial charge in [0.15, 0.2) is 5.69 Å². The standard InChI is InChI=1S/C23H21N5O2/c29-22(20-10-6-12-25-26-20)27-13-17-14-28(23(30)19-9-4-5-11-24-19)21(18(17)15-27)16-7-2-1-3-8-16/h1-12,17-18,21H,13-15H2/t17-,18-,21+/m0/s1. The van der Waals surface area contributed by atoms with Crippen molar-refractivity contribution in [3.63, 3.8) is 0 Å². The zero-order chi connectivity index (χ0) is 20.5. The molecule has 2 fully saturated rings. The number of nitrogens with zero attached hydrogens (tertiary/aromatic N) is 5. The number of carbonyl (C=O) groups is 2. The van der Waals surface area contributed by atoms with Crippen molar-refractivity contribution in [2.45, 2.75) is 6.04 Å². The fourth-order valence-corrected chi connectivity index (χ4v) is 4.71. The molecule has 1 aromatic carbocycles. The van der Waals surface area contributed by atoms with Gasteiger partial charge >= 0.3 is 0 Å². The van der Waals surface area contributed by atoms with Gasteiger partial charge in [-0.2, -0.15) is 5.10 Å². The normalized spacial score (nSPS) is 22.7. The molecule has 4 heterocycles. The smallest absolute Gasteiger partial charge is 0.274 e. The molecule has 7 heteroatoms. The summed E-state index contributed by atoms with van der Waals surface area (Å²) in [5.74, 6) is 0.210. The van der Waals surface area contributed by atoms with Crippen molar-refractivity contribution in [1.82, 2.24) is 25.0 Å². The highest BCUT2D eigenvalue weighted by Crippen LogP contribution is 2.45. The van der Waals surface area contributed by atoms with E-state index in [0.29, 0.717) is 31.0 Å². The molecule has 2 saturated heterocycles. The second-order valence-electron chi connectivity index (χ2n) is 7.77. The van der Waals surface area contributed by atoms with Crippen LogP contribution in [0, 0.1) is 11.8 Å². The van der Waals surface area contributed by atoms with Crippen molar-refractivity contribution in [3.8, 4) is 0 Å². The van der Waals surface area contributed by atoms with Crippen LogP contribution in [-0.2, 0) is 0 Å². The molecule has 3 atom stereocenters. The minimum Gasteiger partial charge on any atom is -0.337 e. The summed E-state index contributed by atoms with van der Waals surface area (Å²) in [4.78, 5) is 34.2. The van der Waals surface area contributed by atoms with E-state index in [4.69, 9.17) is 0 Å². The Morgan fingerprint density at radius 2 is 1.60 bits per heavy atom. The monoisotopic (exact) mass is 399 g/mol. The number of likely N-dealkylation sites (tertiary alicyclic amines) is 2. The third kappa shape index (κ3) is 3.22. The first-order valence-electron chi connectivity index (χ1n) is 10.1. The topological polar surface area (TPSA) is 79.3 Å². The summed E-state index contributed by atoms with van der Waals surface area (Å²) in [5.41, 5.74) is 1.89. The summed E-state index contributed by atoms with van der Waals surface area (Å²) in [6.07, 6.45) is 3.20. The molecule has 7 nitrogen and oxygen atoms in total. The molecule has 3 aromatic rings. The molecule has 150 valence electrons. The van der Waals surface area contributed by atoms with Gasteiger partial charge in [0.2, 0.25) is 0 Å². The number of hydrogen-bond acceptors (Lipinski definition) is 5. The Morgan fingerprint density at radius 1 is 0.800 bits per heavy atom. The van der Waals surface area contributed by atoms with Crippen molar-refractivity contribution in [1.29, 1.82) is 0 Å². The number of fused-ring (bicyclic) bond motifs is 1. The predicted molar refractivity (Wildman–Crippen MR) is 109 cm³/mol. The van der Waals surface area contributed by atoms with Gasteiger partial charge in [-0.15, -0.1) is 5.10 Å². The van der Waals surface area contributed by atoms with Crippen LogP contribution in [0.2, 0.25) is 0 Å². The summed E-state index contributed by atoms with van der Waals surface area (Å²) in [6.45, 7) is 1.80. The SMILES string of the molecule is O=C(c1cccnn1)N1C[C@H]2CN(C(=O)c3ccccn3)[C@H](c3ccccc3)[C@H]2C1. The Balaban J connectivity index is 1.44. The highest BCUT2D eigenvalue weighted by atomic mass is 16.2. The van der Waals surface area contributed by atoms with Crippen molar-refractivity contribution in [3.05, 3.63) is 90.0 Å². The van der Waals surface area contributed by atoms with Crippen molar-refractivity contribution in [2.75, 3.05) is 19.6 Å². The lowest BCUT2D eigenvalue weighted by Crippen LogP contribution is -2.38. The average molecular weight is 399 g/mol. The first-order valence-corrected chi connectivity index (χ1v) is 10.1. The zero-order valence-corrected chi connectivity index (χ0v) is 16.3. The van der Waals surface area contributed by atoms with E-state index in [1.54, 1.807) is 36.7 Å². The van der Waals surface area contributed by atoms with Gasteiger partial charge in [0.05, 0.1) is 6.04 Å². The van der Waals surface area contributed by atoms with Crippen LogP contribution in [0.25, 0.3) is 0 Å². The molecule has 0 bridgehead atoms. The van der Waals surface area contributed by atoms with Crippen molar-refractivity contribution < 1.29 is 9.59 Å². The molecule has 0 spiro atoms. The lowest BCUT2D eigenvalue weighted by molar-refractivity contribution is 0.0670. The molecule has 0 aliphatic carbocycles. The van der Waals surface area contributed by atoms with Gasteiger partial charge in [0.1, 0.15) is 5.69 Å². The molecule has 0 unspecified atom stereocenters. The minimum atomic E-state index is -0.105. The second kappa shape index (κ2) is 7.67. The first-order chi connectivity index (χ1) is 14.7. The van der Waals surface area contributed by atoms with E-state index in [0.717, 1.165) is 5.56 Å². The average Bonchev–Trinajstić information content (AvgIpc) is 3.38. The Kier molecular flexibility index (Phi) is 4.71.